The Kier molecular flexibility index (Phi) is 6.28. The van der Waals surface area contributed by atoms with Gasteiger partial charge in [-0.05, 0) is 38.4 Å². The smallest absolute Gasteiger partial charge is 0.338 e. The lowest BCUT2D eigenvalue weighted by Crippen LogP contribution is -2.44. The second kappa shape index (κ2) is 9.36. The van der Waals surface area contributed by atoms with Crippen molar-refractivity contribution in [2.75, 3.05) is 44.7 Å². The lowest BCUT2D eigenvalue weighted by atomic mass is 10.0. The molecule has 1 saturated heterocycles. The van der Waals surface area contributed by atoms with E-state index in [-0.39, 0.29) is 12.2 Å². The average Bonchev–Trinajstić information content (AvgIpc) is 3.56. The van der Waals surface area contributed by atoms with Crippen molar-refractivity contribution in [3.8, 4) is 0 Å². The van der Waals surface area contributed by atoms with Crippen LogP contribution in [-0.2, 0) is 9.53 Å². The maximum absolute atomic E-state index is 13.6. The second-order valence-corrected chi connectivity index (χ2v) is 10.3. The third kappa shape index (κ3) is 4.17. The van der Waals surface area contributed by atoms with Crippen LogP contribution in [0.15, 0.2) is 55.1 Å². The first-order chi connectivity index (χ1) is 16.5. The Labute approximate surface area is 204 Å². The van der Waals surface area contributed by atoms with E-state index in [0.717, 1.165) is 36.9 Å². The van der Waals surface area contributed by atoms with E-state index in [2.05, 4.69) is 21.8 Å². The molecule has 0 N–H and O–H groups in total. The molecule has 1 fully saturated rings. The SMILES string of the molecule is CCOC(=O)C1=C(C)N=c2sc(=Cc3ccc(N4CCN(C)CC4)o3)c(=O)n2[C@H]1c1cccs1. The summed E-state index contributed by atoms with van der Waals surface area (Å²) in [6, 6.07) is 7.12. The van der Waals surface area contributed by atoms with Crippen LogP contribution in [0, 0.1) is 0 Å². The molecule has 0 bridgehead atoms. The number of furan rings is 1. The normalized spacial score (nSPS) is 19.3. The van der Waals surface area contributed by atoms with Crippen LogP contribution >= 0.6 is 22.7 Å². The van der Waals surface area contributed by atoms with Crippen LogP contribution in [0.5, 0.6) is 0 Å². The summed E-state index contributed by atoms with van der Waals surface area (Å²) in [4.78, 5) is 36.9. The molecule has 3 aromatic heterocycles. The molecule has 0 radical (unpaired) electrons. The number of carbonyl (C=O) groups is 1. The van der Waals surface area contributed by atoms with Gasteiger partial charge in [-0.15, -0.1) is 11.3 Å². The molecular formula is C24H26N4O4S2. The van der Waals surface area contributed by atoms with E-state index >= 15 is 0 Å². The van der Waals surface area contributed by atoms with Crippen molar-refractivity contribution in [3.05, 3.63) is 71.2 Å². The minimum atomic E-state index is -0.560. The van der Waals surface area contributed by atoms with Gasteiger partial charge in [0.2, 0.25) is 0 Å². The lowest BCUT2D eigenvalue weighted by molar-refractivity contribution is -0.139. The predicted molar refractivity (Wildman–Crippen MR) is 133 cm³/mol. The number of hydrogen-bond donors (Lipinski definition) is 0. The molecule has 0 spiro atoms. The summed E-state index contributed by atoms with van der Waals surface area (Å²) < 4.78 is 13.5. The topological polar surface area (TPSA) is 80.3 Å². The summed E-state index contributed by atoms with van der Waals surface area (Å²) in [5.41, 5.74) is 0.771. The zero-order valence-corrected chi connectivity index (χ0v) is 20.9. The van der Waals surface area contributed by atoms with E-state index in [0.29, 0.717) is 26.4 Å². The number of ether oxygens (including phenoxy) is 1. The second-order valence-electron chi connectivity index (χ2n) is 8.28. The van der Waals surface area contributed by atoms with Crippen molar-refractivity contribution in [1.82, 2.24) is 9.47 Å². The molecule has 34 heavy (non-hydrogen) atoms. The van der Waals surface area contributed by atoms with Gasteiger partial charge in [0.15, 0.2) is 10.7 Å². The molecule has 5 heterocycles. The Hall–Kier alpha value is -2.95. The molecule has 2 aliphatic heterocycles. The minimum Gasteiger partial charge on any atom is -0.463 e. The fourth-order valence-corrected chi connectivity index (χ4v) is 6.10. The lowest BCUT2D eigenvalue weighted by Gasteiger charge is -2.32. The van der Waals surface area contributed by atoms with E-state index in [9.17, 15) is 9.59 Å². The Balaban J connectivity index is 1.55. The number of thiazole rings is 1. The molecule has 5 rings (SSSR count). The number of piperazine rings is 1. The average molecular weight is 499 g/mol. The summed E-state index contributed by atoms with van der Waals surface area (Å²) in [6.07, 6.45) is 1.76. The Morgan fingerprint density at radius 1 is 1.26 bits per heavy atom. The zero-order valence-electron chi connectivity index (χ0n) is 19.3. The van der Waals surface area contributed by atoms with Crippen molar-refractivity contribution in [1.29, 1.82) is 0 Å². The molecule has 2 aliphatic rings. The highest BCUT2D eigenvalue weighted by Crippen LogP contribution is 2.33. The van der Waals surface area contributed by atoms with Gasteiger partial charge >= 0.3 is 5.97 Å². The van der Waals surface area contributed by atoms with Gasteiger partial charge < -0.3 is 19.0 Å². The number of nitrogens with zero attached hydrogens (tertiary/aromatic N) is 4. The molecule has 0 aliphatic carbocycles. The van der Waals surface area contributed by atoms with Crippen molar-refractivity contribution in [3.63, 3.8) is 0 Å². The van der Waals surface area contributed by atoms with Crippen LogP contribution < -0.4 is 19.8 Å². The monoisotopic (exact) mass is 498 g/mol. The summed E-state index contributed by atoms with van der Waals surface area (Å²) in [5, 5.41) is 1.94. The van der Waals surface area contributed by atoms with Crippen LogP contribution in [-0.4, -0.2) is 55.3 Å². The Bertz CT molecular complexity index is 1410. The number of likely N-dealkylation sites (N-methyl/N-ethyl adjacent to an activating group) is 1. The Morgan fingerprint density at radius 2 is 2.06 bits per heavy atom. The maximum atomic E-state index is 13.6. The van der Waals surface area contributed by atoms with Crippen LogP contribution in [0.2, 0.25) is 0 Å². The molecule has 178 valence electrons. The highest BCUT2D eigenvalue weighted by atomic mass is 32.1. The number of allylic oxidation sites excluding steroid dienone is 1. The minimum absolute atomic E-state index is 0.200. The number of esters is 1. The quantitative estimate of drug-likeness (QED) is 0.502. The van der Waals surface area contributed by atoms with Crippen molar-refractivity contribution < 1.29 is 13.9 Å². The van der Waals surface area contributed by atoms with E-state index < -0.39 is 12.0 Å². The Morgan fingerprint density at radius 3 is 2.76 bits per heavy atom. The number of rotatable bonds is 5. The molecule has 0 unspecified atom stereocenters. The third-order valence-corrected chi connectivity index (χ3v) is 7.94. The number of thiophene rings is 1. The van der Waals surface area contributed by atoms with Crippen LogP contribution in [0.25, 0.3) is 6.08 Å². The van der Waals surface area contributed by atoms with Crippen LogP contribution in [0.1, 0.15) is 30.5 Å². The molecule has 1 atom stereocenters. The molecule has 0 saturated carbocycles. The third-order valence-electron chi connectivity index (χ3n) is 6.03. The van der Waals surface area contributed by atoms with Gasteiger partial charge in [0.05, 0.1) is 22.4 Å². The van der Waals surface area contributed by atoms with Gasteiger partial charge in [0.25, 0.3) is 5.56 Å². The first-order valence-corrected chi connectivity index (χ1v) is 12.9. The van der Waals surface area contributed by atoms with Gasteiger partial charge in [-0.25, -0.2) is 9.79 Å². The van der Waals surface area contributed by atoms with Gasteiger partial charge in [-0.3, -0.25) is 9.36 Å². The predicted octanol–water partition coefficient (Wildman–Crippen LogP) is 2.20. The molecule has 3 aromatic rings. The van der Waals surface area contributed by atoms with E-state index in [4.69, 9.17) is 9.15 Å². The van der Waals surface area contributed by atoms with Crippen molar-refractivity contribution in [2.45, 2.75) is 19.9 Å². The molecule has 10 heteroatoms. The van der Waals surface area contributed by atoms with Crippen LogP contribution in [0.3, 0.4) is 0 Å². The largest absolute Gasteiger partial charge is 0.463 e. The highest BCUT2D eigenvalue weighted by molar-refractivity contribution is 7.10. The number of aromatic nitrogens is 1. The van der Waals surface area contributed by atoms with Gasteiger partial charge in [-0.1, -0.05) is 17.4 Å². The number of hydrogen-bond acceptors (Lipinski definition) is 9. The van der Waals surface area contributed by atoms with Crippen LogP contribution in [0.4, 0.5) is 5.88 Å². The highest BCUT2D eigenvalue weighted by Gasteiger charge is 2.33. The first-order valence-electron chi connectivity index (χ1n) is 11.2. The van der Waals surface area contributed by atoms with Gasteiger partial charge in [0.1, 0.15) is 11.8 Å². The molecule has 8 nitrogen and oxygen atoms in total. The molecule has 0 aromatic carbocycles. The summed E-state index contributed by atoms with van der Waals surface area (Å²) >= 11 is 2.80. The molecular weight excluding hydrogens is 472 g/mol. The van der Waals surface area contributed by atoms with E-state index in [1.54, 1.807) is 24.5 Å². The summed E-state index contributed by atoms with van der Waals surface area (Å²) in [5.74, 6) is 0.983. The molecule has 0 amide bonds. The number of anilines is 1. The number of fused-ring (bicyclic) bond motifs is 1. The van der Waals surface area contributed by atoms with E-state index in [1.807, 2.05) is 29.6 Å². The number of carbonyl (C=O) groups excluding carboxylic acids is 1. The summed E-state index contributed by atoms with van der Waals surface area (Å²) in [6.45, 7) is 7.59. The fourth-order valence-electron chi connectivity index (χ4n) is 4.25. The zero-order chi connectivity index (χ0) is 23.8. The van der Waals surface area contributed by atoms with Crippen molar-refractivity contribution in [2.24, 2.45) is 4.99 Å². The first kappa shape index (κ1) is 22.8. The van der Waals surface area contributed by atoms with E-state index in [1.165, 1.54) is 22.7 Å². The maximum Gasteiger partial charge on any atom is 0.338 e. The standard InChI is InChI=1S/C24H26N4O4S2/c1-4-31-23(30)20-15(2)25-24-28(21(20)17-6-5-13-33-17)22(29)18(34-24)14-16-7-8-19(32-16)27-11-9-26(3)10-12-27/h5-8,13-14,21H,4,9-12H2,1-3H3/t21-/m0/s1. The van der Waals surface area contributed by atoms with Crippen molar-refractivity contribution >= 4 is 40.6 Å². The summed E-state index contributed by atoms with van der Waals surface area (Å²) in [7, 11) is 2.11. The fraction of sp³-hybridized carbons (Fsp3) is 0.375. The van der Waals surface area contributed by atoms with Gasteiger partial charge in [-0.2, -0.15) is 0 Å². The van der Waals surface area contributed by atoms with Gasteiger partial charge in [0, 0.05) is 43.2 Å².